The van der Waals surface area contributed by atoms with Gasteiger partial charge in [0.25, 0.3) is 0 Å². The van der Waals surface area contributed by atoms with Crippen LogP contribution in [-0.2, 0) is 4.79 Å². The minimum Gasteiger partial charge on any atom is -0.355 e. The second-order valence-corrected chi connectivity index (χ2v) is 2.66. The van der Waals surface area contributed by atoms with Gasteiger partial charge in [0, 0.05) is 6.54 Å². The van der Waals surface area contributed by atoms with E-state index in [4.69, 9.17) is 5.73 Å². The molecule has 1 amide bonds. The Morgan fingerprint density at radius 2 is 2.10 bits per heavy atom. The van der Waals surface area contributed by atoms with Crippen LogP contribution in [0.4, 0.5) is 0 Å². The van der Waals surface area contributed by atoms with Crippen molar-refractivity contribution in [3.8, 4) is 0 Å². The normalized spacial score (nSPS) is 13.3. The van der Waals surface area contributed by atoms with Gasteiger partial charge in [-0.15, -0.1) is 0 Å². The highest BCUT2D eigenvalue weighted by atomic mass is 16.2. The highest BCUT2D eigenvalue weighted by Gasteiger charge is 2.15. The molecule has 0 aromatic carbocycles. The van der Waals surface area contributed by atoms with Crippen molar-refractivity contribution in [1.82, 2.24) is 5.32 Å². The Kier molecular flexibility index (Phi) is 4.03. The zero-order chi connectivity index (χ0) is 8.15. The molecular weight excluding hydrogens is 128 g/mol. The molecule has 0 aliphatic heterocycles. The van der Waals surface area contributed by atoms with Gasteiger partial charge in [0.05, 0.1) is 6.04 Å². The maximum atomic E-state index is 10.9. The zero-order valence-electron chi connectivity index (χ0n) is 6.85. The Morgan fingerprint density at radius 3 is 2.40 bits per heavy atom. The Hall–Kier alpha value is -0.570. The minimum absolute atomic E-state index is 0.0579. The van der Waals surface area contributed by atoms with Crippen LogP contribution < -0.4 is 11.1 Å². The average molecular weight is 144 g/mol. The zero-order valence-corrected chi connectivity index (χ0v) is 6.85. The monoisotopic (exact) mass is 144 g/mol. The summed E-state index contributed by atoms with van der Waals surface area (Å²) in [4.78, 5) is 10.9. The van der Waals surface area contributed by atoms with E-state index in [9.17, 15) is 4.79 Å². The van der Waals surface area contributed by atoms with E-state index in [1.807, 2.05) is 20.8 Å². The lowest BCUT2D eigenvalue weighted by molar-refractivity contribution is -0.123. The molecule has 0 aliphatic carbocycles. The van der Waals surface area contributed by atoms with Gasteiger partial charge in [-0.05, 0) is 12.8 Å². The molecule has 3 heteroatoms. The standard InChI is InChI=1S/C7H16N2O/c1-4-9-7(10)6(8)5(2)3/h5-6H,4,8H2,1-3H3,(H,9,10). The molecule has 3 nitrogen and oxygen atoms in total. The Bertz CT molecular complexity index is 112. The molecule has 0 heterocycles. The van der Waals surface area contributed by atoms with E-state index in [0.29, 0.717) is 6.54 Å². The topological polar surface area (TPSA) is 55.1 Å². The smallest absolute Gasteiger partial charge is 0.237 e. The fraction of sp³-hybridized carbons (Fsp3) is 0.857. The molecule has 10 heavy (non-hydrogen) atoms. The molecule has 0 fully saturated rings. The van der Waals surface area contributed by atoms with E-state index in [-0.39, 0.29) is 17.9 Å². The second kappa shape index (κ2) is 4.28. The number of hydrogen-bond acceptors (Lipinski definition) is 2. The Labute approximate surface area is 62.0 Å². The molecule has 0 aromatic heterocycles. The number of nitrogens with two attached hydrogens (primary N) is 1. The minimum atomic E-state index is -0.361. The van der Waals surface area contributed by atoms with Gasteiger partial charge in [0.1, 0.15) is 0 Å². The lowest BCUT2D eigenvalue weighted by Crippen LogP contribution is -2.43. The molecule has 3 N–H and O–H groups in total. The van der Waals surface area contributed by atoms with Crippen LogP contribution in [0.15, 0.2) is 0 Å². The summed E-state index contributed by atoms with van der Waals surface area (Å²) in [6.07, 6.45) is 0. The molecule has 0 bridgehead atoms. The summed E-state index contributed by atoms with van der Waals surface area (Å²) in [5, 5.41) is 2.66. The van der Waals surface area contributed by atoms with Crippen molar-refractivity contribution >= 4 is 5.91 Å². The molecule has 0 spiro atoms. The van der Waals surface area contributed by atoms with Crippen molar-refractivity contribution in [2.45, 2.75) is 26.8 Å². The first-order valence-electron chi connectivity index (χ1n) is 3.62. The number of hydrogen-bond donors (Lipinski definition) is 2. The van der Waals surface area contributed by atoms with Crippen LogP contribution in [0.3, 0.4) is 0 Å². The first kappa shape index (κ1) is 9.43. The van der Waals surface area contributed by atoms with Crippen LogP contribution in [0.2, 0.25) is 0 Å². The van der Waals surface area contributed by atoms with Crippen molar-refractivity contribution in [2.24, 2.45) is 11.7 Å². The summed E-state index contributed by atoms with van der Waals surface area (Å²) in [5.41, 5.74) is 5.53. The van der Waals surface area contributed by atoms with Gasteiger partial charge in [0.15, 0.2) is 0 Å². The molecule has 1 unspecified atom stereocenters. The molecule has 0 aliphatic rings. The van der Waals surface area contributed by atoms with E-state index >= 15 is 0 Å². The van der Waals surface area contributed by atoms with E-state index in [2.05, 4.69) is 5.32 Å². The highest BCUT2D eigenvalue weighted by molar-refractivity contribution is 5.81. The third kappa shape index (κ3) is 2.82. The van der Waals surface area contributed by atoms with E-state index in [1.165, 1.54) is 0 Å². The van der Waals surface area contributed by atoms with Gasteiger partial charge in [0.2, 0.25) is 5.91 Å². The number of nitrogens with one attached hydrogen (secondary N) is 1. The van der Waals surface area contributed by atoms with E-state index in [1.54, 1.807) is 0 Å². The number of rotatable bonds is 3. The van der Waals surface area contributed by atoms with E-state index in [0.717, 1.165) is 0 Å². The van der Waals surface area contributed by atoms with Crippen LogP contribution in [0.25, 0.3) is 0 Å². The molecule has 60 valence electrons. The number of amides is 1. The summed E-state index contributed by atoms with van der Waals surface area (Å²) < 4.78 is 0. The predicted molar refractivity (Wildman–Crippen MR) is 41.5 cm³/mol. The maximum Gasteiger partial charge on any atom is 0.237 e. The Balaban J connectivity index is 3.71. The summed E-state index contributed by atoms with van der Waals surface area (Å²) in [6, 6.07) is -0.361. The highest BCUT2D eigenvalue weighted by Crippen LogP contribution is 1.96. The quantitative estimate of drug-likeness (QED) is 0.590. The lowest BCUT2D eigenvalue weighted by atomic mass is 10.1. The van der Waals surface area contributed by atoms with Gasteiger partial charge in [-0.3, -0.25) is 4.79 Å². The fourth-order valence-electron chi connectivity index (χ4n) is 0.595. The molecule has 0 aromatic rings. The second-order valence-electron chi connectivity index (χ2n) is 2.66. The number of carbonyl (C=O) groups excluding carboxylic acids is 1. The SMILES string of the molecule is CCNC(=O)C(N)C(C)C. The third-order valence-electron chi connectivity index (χ3n) is 1.37. The molecule has 0 rings (SSSR count). The largest absolute Gasteiger partial charge is 0.355 e. The van der Waals surface area contributed by atoms with Crippen LogP contribution in [0.1, 0.15) is 20.8 Å². The molecule has 0 saturated heterocycles. The molecule has 0 radical (unpaired) electrons. The van der Waals surface area contributed by atoms with Crippen molar-refractivity contribution in [2.75, 3.05) is 6.54 Å². The van der Waals surface area contributed by atoms with Crippen molar-refractivity contribution in [1.29, 1.82) is 0 Å². The number of likely N-dealkylation sites (N-methyl/N-ethyl adjacent to an activating group) is 1. The molecule has 1 atom stereocenters. The first-order valence-corrected chi connectivity index (χ1v) is 3.62. The maximum absolute atomic E-state index is 10.9. The fourth-order valence-corrected chi connectivity index (χ4v) is 0.595. The average Bonchev–Trinajstić information content (AvgIpc) is 1.87. The van der Waals surface area contributed by atoms with Gasteiger partial charge in [-0.25, -0.2) is 0 Å². The summed E-state index contributed by atoms with van der Waals surface area (Å²) in [6.45, 7) is 6.39. The van der Waals surface area contributed by atoms with Crippen molar-refractivity contribution < 1.29 is 4.79 Å². The summed E-state index contributed by atoms with van der Waals surface area (Å²) in [7, 11) is 0. The van der Waals surface area contributed by atoms with Crippen LogP contribution in [0, 0.1) is 5.92 Å². The third-order valence-corrected chi connectivity index (χ3v) is 1.37. The van der Waals surface area contributed by atoms with Crippen LogP contribution >= 0.6 is 0 Å². The van der Waals surface area contributed by atoms with Crippen LogP contribution in [-0.4, -0.2) is 18.5 Å². The van der Waals surface area contributed by atoms with Gasteiger partial charge in [-0.2, -0.15) is 0 Å². The lowest BCUT2D eigenvalue weighted by Gasteiger charge is -2.13. The van der Waals surface area contributed by atoms with Crippen molar-refractivity contribution in [3.63, 3.8) is 0 Å². The number of carbonyl (C=O) groups is 1. The Morgan fingerprint density at radius 1 is 1.60 bits per heavy atom. The summed E-state index contributed by atoms with van der Waals surface area (Å²) >= 11 is 0. The van der Waals surface area contributed by atoms with Crippen molar-refractivity contribution in [3.05, 3.63) is 0 Å². The molecular formula is C7H16N2O. The van der Waals surface area contributed by atoms with Crippen LogP contribution in [0.5, 0.6) is 0 Å². The predicted octanol–water partition coefficient (Wildman–Crippen LogP) is 0.106. The van der Waals surface area contributed by atoms with Gasteiger partial charge < -0.3 is 11.1 Å². The molecule has 0 saturated carbocycles. The van der Waals surface area contributed by atoms with E-state index < -0.39 is 0 Å². The first-order chi connectivity index (χ1) is 4.59. The van der Waals surface area contributed by atoms with Gasteiger partial charge in [-0.1, -0.05) is 13.8 Å². The van der Waals surface area contributed by atoms with Gasteiger partial charge >= 0.3 is 0 Å². The summed E-state index contributed by atoms with van der Waals surface area (Å²) in [5.74, 6) is 0.157.